The fourth-order valence-corrected chi connectivity index (χ4v) is 7.89. The van der Waals surface area contributed by atoms with Gasteiger partial charge in [-0.25, -0.2) is 0 Å². The average molecular weight is 499 g/mol. The van der Waals surface area contributed by atoms with Crippen LogP contribution in [0.5, 0.6) is 0 Å². The molecular weight excluding hydrogens is 445 g/mol. The van der Waals surface area contributed by atoms with Gasteiger partial charge >= 0.3 is 177 Å². The van der Waals surface area contributed by atoms with Gasteiger partial charge in [-0.1, -0.05) is 0 Å². The Bertz CT molecular complexity index is 335. The zero-order valence-electron chi connectivity index (χ0n) is 21.4. The Morgan fingerprint density at radius 2 is 0.750 bits per heavy atom. The van der Waals surface area contributed by atoms with E-state index in [2.05, 4.69) is 20.8 Å². The first-order chi connectivity index (χ1) is 13.4. The van der Waals surface area contributed by atoms with Crippen molar-refractivity contribution in [1.82, 2.24) is 0 Å². The minimum absolute atomic E-state index is 0. The van der Waals surface area contributed by atoms with Crippen molar-refractivity contribution in [3.05, 3.63) is 0 Å². The second-order valence-electron chi connectivity index (χ2n) is 9.36. The van der Waals surface area contributed by atoms with Crippen molar-refractivity contribution in [2.24, 2.45) is 0 Å². The molecule has 0 aromatic heterocycles. The molecule has 0 saturated heterocycles. The largest absolute Gasteiger partial charge is 1.00 e. The van der Waals surface area contributed by atoms with Gasteiger partial charge in [-0.2, -0.15) is 0 Å². The molecule has 204 valence electrons. The molecule has 0 spiro atoms. The maximum absolute atomic E-state index is 16.1. The molecule has 1 unspecified atom stereocenters. The SMILES string of the molecule is CCCCCCCCP(F)(F)(CCCCCCCC)C(C)CCCCCCC.[F-].[F-].[F-].[F-]. The van der Waals surface area contributed by atoms with E-state index >= 15 is 8.39 Å². The normalized spacial score (nSPS) is 12.9. The van der Waals surface area contributed by atoms with Crippen molar-refractivity contribution >= 4 is 7.22 Å². The summed E-state index contributed by atoms with van der Waals surface area (Å²) in [6.45, 7) is 8.52. The van der Waals surface area contributed by atoms with E-state index in [1.807, 2.05) is 6.92 Å². The summed E-state index contributed by atoms with van der Waals surface area (Å²) in [5, 5.41) is 0. The van der Waals surface area contributed by atoms with Gasteiger partial charge in [0.25, 0.3) is 0 Å². The van der Waals surface area contributed by atoms with Crippen molar-refractivity contribution in [3.8, 4) is 0 Å². The van der Waals surface area contributed by atoms with Crippen LogP contribution in [0.15, 0.2) is 0 Å². The first-order valence-electron chi connectivity index (χ1n) is 12.8. The van der Waals surface area contributed by atoms with E-state index in [4.69, 9.17) is 0 Å². The summed E-state index contributed by atoms with van der Waals surface area (Å²) >= 11 is 0. The van der Waals surface area contributed by atoms with E-state index in [0.717, 1.165) is 57.8 Å². The van der Waals surface area contributed by atoms with Crippen LogP contribution in [0.3, 0.4) is 0 Å². The van der Waals surface area contributed by atoms with Gasteiger partial charge in [0.1, 0.15) is 0 Å². The van der Waals surface area contributed by atoms with E-state index in [0.29, 0.717) is 0 Å². The van der Waals surface area contributed by atoms with E-state index in [-0.39, 0.29) is 36.8 Å². The summed E-state index contributed by atoms with van der Waals surface area (Å²) in [5.41, 5.74) is -0.348. The molecule has 0 fully saturated rings. The topological polar surface area (TPSA) is 0 Å². The molecular formula is C25H53F6P-4. The van der Waals surface area contributed by atoms with Gasteiger partial charge in [0.2, 0.25) is 0 Å². The fraction of sp³-hybridized carbons (Fsp3) is 1.00. The Hall–Kier alpha value is 0.01000. The van der Waals surface area contributed by atoms with Gasteiger partial charge in [-0.3, -0.25) is 0 Å². The minimum atomic E-state index is -4.55. The van der Waals surface area contributed by atoms with Crippen molar-refractivity contribution in [1.29, 1.82) is 0 Å². The molecule has 7 heteroatoms. The molecule has 0 aliphatic carbocycles. The number of hydrogen-bond donors (Lipinski definition) is 0. The maximum atomic E-state index is 16.1. The maximum Gasteiger partial charge on any atom is -1.00 e. The van der Waals surface area contributed by atoms with Crippen molar-refractivity contribution in [2.45, 2.75) is 149 Å². The molecule has 0 radical (unpaired) electrons. The third kappa shape index (κ3) is 20.6. The summed E-state index contributed by atoms with van der Waals surface area (Å²) in [7, 11) is -4.55. The number of halogens is 6. The smallest absolute Gasteiger partial charge is 1.00 e. The molecule has 0 aliphatic rings. The Kier molecular flexibility index (Phi) is 33.8. The van der Waals surface area contributed by atoms with Crippen molar-refractivity contribution in [2.75, 3.05) is 12.3 Å². The number of hydrogen-bond acceptors (Lipinski definition) is 0. The second-order valence-corrected chi connectivity index (χ2v) is 13.8. The van der Waals surface area contributed by atoms with Crippen LogP contribution in [0, 0.1) is 0 Å². The quantitative estimate of drug-likeness (QED) is 0.106. The molecule has 0 rings (SSSR count). The molecule has 0 amide bonds. The van der Waals surface area contributed by atoms with E-state index in [1.54, 1.807) is 0 Å². The third-order valence-corrected chi connectivity index (χ3v) is 11.2. The summed E-state index contributed by atoms with van der Waals surface area (Å²) in [6, 6.07) is 0. The average Bonchev–Trinajstić information content (AvgIpc) is 2.67. The molecule has 32 heavy (non-hydrogen) atoms. The molecule has 0 N–H and O–H groups in total. The van der Waals surface area contributed by atoms with E-state index in [9.17, 15) is 0 Å². The van der Waals surface area contributed by atoms with Crippen LogP contribution in [0.25, 0.3) is 0 Å². The standard InChI is InChI=1S/C25H53F2P.4FH/c1-5-8-11-14-17-20-23-28(26,27,24-21-18-15-12-9-6-2)25(4)22-19-16-13-10-7-3;;;;/h25H,5-24H2,1-4H3;4*1H/p-4. The van der Waals surface area contributed by atoms with E-state index < -0.39 is 7.22 Å². The fourth-order valence-electron chi connectivity index (χ4n) is 4.31. The van der Waals surface area contributed by atoms with E-state index in [1.165, 1.54) is 57.8 Å². The first kappa shape index (κ1) is 42.2. The Labute approximate surface area is 196 Å². The molecule has 0 nitrogen and oxygen atoms in total. The molecule has 0 heterocycles. The van der Waals surface area contributed by atoms with Gasteiger partial charge in [0, 0.05) is 0 Å². The summed E-state index contributed by atoms with van der Waals surface area (Å²) in [4.78, 5) is 0. The van der Waals surface area contributed by atoms with Gasteiger partial charge < -0.3 is 18.8 Å². The predicted octanol–water partition coefficient (Wildman–Crippen LogP) is -1.21. The van der Waals surface area contributed by atoms with Gasteiger partial charge in [0.05, 0.1) is 0 Å². The Morgan fingerprint density at radius 3 is 1.09 bits per heavy atom. The van der Waals surface area contributed by atoms with Crippen LogP contribution in [-0.4, -0.2) is 18.0 Å². The van der Waals surface area contributed by atoms with Crippen LogP contribution < -0.4 is 18.8 Å². The van der Waals surface area contributed by atoms with Crippen molar-refractivity contribution in [3.63, 3.8) is 0 Å². The molecule has 0 aromatic carbocycles. The third-order valence-electron chi connectivity index (χ3n) is 6.62. The van der Waals surface area contributed by atoms with Gasteiger partial charge in [-0.15, -0.1) is 0 Å². The van der Waals surface area contributed by atoms with Gasteiger partial charge in [-0.05, 0) is 0 Å². The summed E-state index contributed by atoms with van der Waals surface area (Å²) in [5.74, 6) is 0. The molecule has 0 bridgehead atoms. The Balaban J connectivity index is -0.000000607. The second kappa shape index (κ2) is 25.6. The van der Waals surface area contributed by atoms with Crippen LogP contribution in [-0.2, 0) is 0 Å². The number of unbranched alkanes of at least 4 members (excludes halogenated alkanes) is 14. The predicted molar refractivity (Wildman–Crippen MR) is 128 cm³/mol. The molecule has 0 aliphatic heterocycles. The summed E-state index contributed by atoms with van der Waals surface area (Å²) < 4.78 is 32.1. The zero-order chi connectivity index (χ0) is 21.2. The molecule has 1 atom stereocenters. The number of rotatable bonds is 21. The van der Waals surface area contributed by atoms with Gasteiger partial charge in [0.15, 0.2) is 0 Å². The Morgan fingerprint density at radius 1 is 0.469 bits per heavy atom. The molecule has 0 saturated carbocycles. The van der Waals surface area contributed by atoms with Crippen molar-refractivity contribution < 1.29 is 27.2 Å². The van der Waals surface area contributed by atoms with Crippen LogP contribution in [0.1, 0.15) is 143 Å². The molecule has 0 aromatic rings. The zero-order valence-corrected chi connectivity index (χ0v) is 22.3. The van der Waals surface area contributed by atoms with Crippen LogP contribution >= 0.6 is 7.22 Å². The minimum Gasteiger partial charge on any atom is -1.00 e. The first-order valence-corrected chi connectivity index (χ1v) is 15.3. The summed E-state index contributed by atoms with van der Waals surface area (Å²) in [6.07, 6.45) is 20.2. The monoisotopic (exact) mass is 498 g/mol. The van der Waals surface area contributed by atoms with Crippen LogP contribution in [0.2, 0.25) is 0 Å². The van der Waals surface area contributed by atoms with Crippen LogP contribution in [0.4, 0.5) is 8.39 Å².